The number of nitrogens with zero attached hydrogens (tertiary/aromatic N) is 4. The van der Waals surface area contributed by atoms with E-state index < -0.39 is 5.82 Å². The normalized spacial score (nSPS) is 15.2. The van der Waals surface area contributed by atoms with E-state index in [9.17, 15) is 4.39 Å². The first kappa shape index (κ1) is 21.6. The molecule has 0 saturated carbocycles. The summed E-state index contributed by atoms with van der Waals surface area (Å²) < 4.78 is 24.7. The summed E-state index contributed by atoms with van der Waals surface area (Å²) >= 11 is 0. The third-order valence-corrected chi connectivity index (χ3v) is 5.83. The molecule has 170 valence electrons. The Hall–Kier alpha value is -4.26. The van der Waals surface area contributed by atoms with Gasteiger partial charge in [-0.05, 0) is 42.0 Å². The van der Waals surface area contributed by atoms with Gasteiger partial charge in [0.1, 0.15) is 5.75 Å². The van der Waals surface area contributed by atoms with Gasteiger partial charge in [-0.25, -0.2) is 9.40 Å². The molecule has 0 fully saturated rings. The zero-order chi connectivity index (χ0) is 23.5. The van der Waals surface area contributed by atoms with Crippen molar-refractivity contribution in [1.82, 2.24) is 10.2 Å². The Kier molecular flexibility index (Phi) is 5.91. The van der Waals surface area contributed by atoms with E-state index in [1.54, 1.807) is 19.2 Å². The van der Waals surface area contributed by atoms with Gasteiger partial charge >= 0.3 is 0 Å². The van der Waals surface area contributed by atoms with Crippen LogP contribution in [0.4, 0.5) is 10.2 Å². The minimum absolute atomic E-state index is 0.192. The van der Waals surface area contributed by atoms with E-state index in [4.69, 9.17) is 14.6 Å². The lowest BCUT2D eigenvalue weighted by Gasteiger charge is -2.23. The fraction of sp³-hybridized carbons (Fsp3) is 0.148. The van der Waals surface area contributed by atoms with Gasteiger partial charge in [-0.3, -0.25) is 0 Å². The fourth-order valence-corrected chi connectivity index (χ4v) is 4.05. The van der Waals surface area contributed by atoms with Gasteiger partial charge in [0.25, 0.3) is 0 Å². The molecule has 1 atom stereocenters. The van der Waals surface area contributed by atoms with Crippen LogP contribution in [-0.4, -0.2) is 30.1 Å². The van der Waals surface area contributed by atoms with Gasteiger partial charge in [-0.15, -0.1) is 10.2 Å². The molecule has 1 aliphatic heterocycles. The van der Waals surface area contributed by atoms with Gasteiger partial charge in [0.15, 0.2) is 17.4 Å². The largest absolute Gasteiger partial charge is 0.497 e. The molecule has 0 amide bonds. The third kappa shape index (κ3) is 4.20. The third-order valence-electron chi connectivity index (χ3n) is 5.83. The maximum absolute atomic E-state index is 14.1. The first-order valence-electron chi connectivity index (χ1n) is 10.9. The van der Waals surface area contributed by atoms with E-state index in [2.05, 4.69) is 10.2 Å². The molecule has 0 spiro atoms. The van der Waals surface area contributed by atoms with E-state index in [-0.39, 0.29) is 11.8 Å². The van der Waals surface area contributed by atoms with Crippen molar-refractivity contribution in [3.05, 3.63) is 102 Å². The second-order valence-electron chi connectivity index (χ2n) is 7.88. The summed E-state index contributed by atoms with van der Waals surface area (Å²) in [6.07, 6.45) is 0.601. The molecule has 1 aromatic heterocycles. The van der Waals surface area contributed by atoms with Crippen molar-refractivity contribution in [2.45, 2.75) is 12.5 Å². The topological polar surface area (TPSA) is 59.8 Å². The van der Waals surface area contributed by atoms with Crippen molar-refractivity contribution >= 4 is 11.5 Å². The summed E-state index contributed by atoms with van der Waals surface area (Å²) in [5, 5.41) is 15.6. The Morgan fingerprint density at radius 1 is 0.824 bits per heavy atom. The van der Waals surface area contributed by atoms with Gasteiger partial charge < -0.3 is 9.47 Å². The molecular weight excluding hydrogens is 431 g/mol. The van der Waals surface area contributed by atoms with Crippen molar-refractivity contribution in [2.75, 3.05) is 19.2 Å². The number of rotatable bonds is 6. The molecule has 0 saturated heterocycles. The molecule has 0 N–H and O–H groups in total. The summed E-state index contributed by atoms with van der Waals surface area (Å²) in [4.78, 5) is 0. The first-order chi connectivity index (χ1) is 16.7. The molecule has 7 heteroatoms. The Labute approximate surface area is 197 Å². The highest BCUT2D eigenvalue weighted by atomic mass is 19.1. The maximum Gasteiger partial charge on any atom is 0.172 e. The Morgan fingerprint density at radius 2 is 1.65 bits per heavy atom. The van der Waals surface area contributed by atoms with Crippen molar-refractivity contribution in [3.8, 4) is 22.8 Å². The Morgan fingerprint density at radius 3 is 2.38 bits per heavy atom. The highest BCUT2D eigenvalue weighted by molar-refractivity contribution is 6.03. The van der Waals surface area contributed by atoms with Crippen LogP contribution >= 0.6 is 0 Å². The molecule has 4 aromatic rings. The molecule has 0 aliphatic carbocycles. The zero-order valence-electron chi connectivity index (χ0n) is 18.9. The molecular formula is C27H23FN4O2. The molecule has 1 unspecified atom stereocenters. The van der Waals surface area contributed by atoms with Crippen molar-refractivity contribution in [2.24, 2.45) is 5.10 Å². The summed E-state index contributed by atoms with van der Waals surface area (Å²) in [5.41, 5.74) is 4.47. The number of anilines is 1. The van der Waals surface area contributed by atoms with E-state index in [0.717, 1.165) is 33.8 Å². The number of hydrazone groups is 1. The van der Waals surface area contributed by atoms with Crippen molar-refractivity contribution in [1.29, 1.82) is 0 Å². The highest BCUT2D eigenvalue weighted by Gasteiger charge is 2.31. The van der Waals surface area contributed by atoms with Crippen LogP contribution < -0.4 is 14.5 Å². The lowest BCUT2D eigenvalue weighted by molar-refractivity contribution is 0.385. The lowest BCUT2D eigenvalue weighted by Crippen LogP contribution is -2.20. The standard InChI is InChI=1S/C27H23FN4O2/c1-33-21-10-6-9-19(15-21)24-17-25(20-11-12-22(28)26(16-20)34-2)32(31-24)27-14-13-23(29-30-27)18-7-4-3-5-8-18/h3-16,25H,17H2,1-2H3. The van der Waals surface area contributed by atoms with E-state index >= 15 is 0 Å². The average Bonchev–Trinajstić information content (AvgIpc) is 3.35. The van der Waals surface area contributed by atoms with Crippen LogP contribution in [-0.2, 0) is 0 Å². The van der Waals surface area contributed by atoms with Crippen LogP contribution in [0.2, 0.25) is 0 Å². The maximum atomic E-state index is 14.1. The van der Waals surface area contributed by atoms with Crippen LogP contribution in [0, 0.1) is 5.82 Å². The number of hydrogen-bond donors (Lipinski definition) is 0. The molecule has 5 rings (SSSR count). The monoisotopic (exact) mass is 454 g/mol. The van der Waals surface area contributed by atoms with Crippen molar-refractivity contribution in [3.63, 3.8) is 0 Å². The number of ether oxygens (including phenoxy) is 2. The summed E-state index contributed by atoms with van der Waals surface area (Å²) in [6, 6.07) is 26.2. The van der Waals surface area contributed by atoms with Crippen LogP contribution in [0.1, 0.15) is 23.6 Å². The summed E-state index contributed by atoms with van der Waals surface area (Å²) in [6.45, 7) is 0. The minimum Gasteiger partial charge on any atom is -0.497 e. The Bertz CT molecular complexity index is 1330. The highest BCUT2D eigenvalue weighted by Crippen LogP contribution is 2.38. The van der Waals surface area contributed by atoms with E-state index in [1.807, 2.05) is 71.7 Å². The molecule has 2 heterocycles. The van der Waals surface area contributed by atoms with Gasteiger partial charge in [-0.1, -0.05) is 48.5 Å². The number of methoxy groups -OCH3 is 2. The second-order valence-corrected chi connectivity index (χ2v) is 7.88. The van der Waals surface area contributed by atoms with Crippen LogP contribution in [0.25, 0.3) is 11.3 Å². The number of aromatic nitrogens is 2. The van der Waals surface area contributed by atoms with Gasteiger partial charge in [0.2, 0.25) is 0 Å². The molecule has 0 radical (unpaired) electrons. The number of hydrogen-bond acceptors (Lipinski definition) is 6. The molecule has 34 heavy (non-hydrogen) atoms. The predicted octanol–water partition coefficient (Wildman–Crippen LogP) is 5.66. The quantitative estimate of drug-likeness (QED) is 0.377. The summed E-state index contributed by atoms with van der Waals surface area (Å²) in [5.74, 6) is 1.14. The minimum atomic E-state index is -0.406. The van der Waals surface area contributed by atoms with E-state index in [1.165, 1.54) is 13.2 Å². The van der Waals surface area contributed by atoms with Crippen LogP contribution in [0.3, 0.4) is 0 Å². The number of halogens is 1. The van der Waals surface area contributed by atoms with Crippen LogP contribution in [0.15, 0.2) is 90.0 Å². The lowest BCUT2D eigenvalue weighted by atomic mass is 9.98. The second kappa shape index (κ2) is 9.31. The van der Waals surface area contributed by atoms with Gasteiger partial charge in [0, 0.05) is 17.5 Å². The fourth-order valence-electron chi connectivity index (χ4n) is 4.05. The first-order valence-corrected chi connectivity index (χ1v) is 10.9. The predicted molar refractivity (Wildman–Crippen MR) is 130 cm³/mol. The zero-order valence-corrected chi connectivity index (χ0v) is 18.9. The molecule has 6 nitrogen and oxygen atoms in total. The average molecular weight is 455 g/mol. The van der Waals surface area contributed by atoms with E-state index in [0.29, 0.717) is 12.2 Å². The molecule has 3 aromatic carbocycles. The Balaban J connectivity index is 1.54. The SMILES string of the molecule is COc1cccc(C2=NN(c3ccc(-c4ccccc4)nn3)C(c3ccc(F)c(OC)c3)C2)c1. The molecule has 1 aliphatic rings. The summed E-state index contributed by atoms with van der Waals surface area (Å²) in [7, 11) is 3.10. The van der Waals surface area contributed by atoms with Crippen molar-refractivity contribution < 1.29 is 13.9 Å². The van der Waals surface area contributed by atoms with Crippen LogP contribution in [0.5, 0.6) is 11.5 Å². The smallest absolute Gasteiger partial charge is 0.172 e. The van der Waals surface area contributed by atoms with Gasteiger partial charge in [0.05, 0.1) is 31.7 Å². The molecule has 0 bridgehead atoms. The van der Waals surface area contributed by atoms with Gasteiger partial charge in [-0.2, -0.15) is 5.10 Å². The number of benzene rings is 3.